The number of carbonyl (C=O) groups is 2. The van der Waals surface area contributed by atoms with Crippen molar-refractivity contribution in [1.29, 1.82) is 0 Å². The number of aliphatic hydroxyl groups excluding tert-OH is 2. The van der Waals surface area contributed by atoms with Crippen LogP contribution in [0.4, 0.5) is 0 Å². The smallest absolute Gasteiger partial charge is 0.320 e. The molecule has 238 valence electrons. The molecule has 12 heteroatoms. The SMILES string of the molecule is CC(C)(C)OC(=O)CN(CCO)Cc1ccc(-c2nnc(-c3ccc(CN(CCO)CC(=O)OC(C)(C)C)cc3)nn2)cc1. The van der Waals surface area contributed by atoms with Crippen LogP contribution in [-0.4, -0.2) is 103 Å². The van der Waals surface area contributed by atoms with Crippen LogP contribution in [0.15, 0.2) is 48.5 Å². The molecule has 2 N–H and O–H groups in total. The Kier molecular flexibility index (Phi) is 12.4. The summed E-state index contributed by atoms with van der Waals surface area (Å²) in [5.74, 6) is 0.0637. The quantitative estimate of drug-likeness (QED) is 0.259. The van der Waals surface area contributed by atoms with Gasteiger partial charge in [-0.15, -0.1) is 20.4 Å². The van der Waals surface area contributed by atoms with E-state index in [0.29, 0.717) is 37.8 Å². The van der Waals surface area contributed by atoms with Gasteiger partial charge in [-0.25, -0.2) is 0 Å². The summed E-state index contributed by atoms with van der Waals surface area (Å²) in [6.07, 6.45) is 0. The van der Waals surface area contributed by atoms with E-state index in [0.717, 1.165) is 22.3 Å². The van der Waals surface area contributed by atoms with Crippen LogP contribution >= 0.6 is 0 Å². The number of aromatic nitrogens is 4. The molecule has 3 aromatic rings. The molecule has 1 aromatic heterocycles. The number of aliphatic hydroxyl groups is 2. The van der Waals surface area contributed by atoms with E-state index < -0.39 is 11.2 Å². The predicted octanol–water partition coefficient (Wildman–Crippen LogP) is 2.87. The minimum Gasteiger partial charge on any atom is -0.459 e. The van der Waals surface area contributed by atoms with Gasteiger partial charge in [0, 0.05) is 37.3 Å². The van der Waals surface area contributed by atoms with E-state index in [-0.39, 0.29) is 38.2 Å². The molecule has 0 saturated heterocycles. The number of esters is 2. The van der Waals surface area contributed by atoms with Gasteiger partial charge in [0.05, 0.1) is 26.3 Å². The third-order valence-corrected chi connectivity index (χ3v) is 6.09. The maximum absolute atomic E-state index is 12.3. The number of carbonyl (C=O) groups excluding carboxylic acids is 2. The van der Waals surface area contributed by atoms with Crippen molar-refractivity contribution >= 4 is 11.9 Å². The van der Waals surface area contributed by atoms with Crippen LogP contribution in [0.2, 0.25) is 0 Å². The monoisotopic (exact) mass is 608 g/mol. The Hall–Kier alpha value is -3.84. The summed E-state index contributed by atoms with van der Waals surface area (Å²) in [6, 6.07) is 15.1. The van der Waals surface area contributed by atoms with E-state index in [1.54, 1.807) is 0 Å². The van der Waals surface area contributed by atoms with Crippen molar-refractivity contribution in [3.63, 3.8) is 0 Å². The van der Waals surface area contributed by atoms with Crippen LogP contribution in [0.25, 0.3) is 22.8 Å². The van der Waals surface area contributed by atoms with Crippen LogP contribution in [0, 0.1) is 0 Å². The number of hydrogen-bond acceptors (Lipinski definition) is 12. The van der Waals surface area contributed by atoms with Gasteiger partial charge >= 0.3 is 11.9 Å². The van der Waals surface area contributed by atoms with Crippen molar-refractivity contribution in [2.45, 2.75) is 65.8 Å². The van der Waals surface area contributed by atoms with Crippen molar-refractivity contribution in [1.82, 2.24) is 30.2 Å². The molecule has 0 saturated carbocycles. The Morgan fingerprint density at radius 1 is 0.614 bits per heavy atom. The zero-order valence-electron chi connectivity index (χ0n) is 26.5. The summed E-state index contributed by atoms with van der Waals surface area (Å²) in [6.45, 7) is 12.5. The highest BCUT2D eigenvalue weighted by Crippen LogP contribution is 2.19. The molecular formula is C32H44N6O6. The molecule has 0 spiro atoms. The van der Waals surface area contributed by atoms with E-state index in [1.807, 2.05) is 99.9 Å². The Morgan fingerprint density at radius 3 is 1.20 bits per heavy atom. The second kappa shape index (κ2) is 15.8. The Labute approximate surface area is 259 Å². The predicted molar refractivity (Wildman–Crippen MR) is 165 cm³/mol. The van der Waals surface area contributed by atoms with Crippen LogP contribution in [-0.2, 0) is 32.2 Å². The van der Waals surface area contributed by atoms with Gasteiger partial charge in [0.2, 0.25) is 11.6 Å². The van der Waals surface area contributed by atoms with Gasteiger partial charge < -0.3 is 19.7 Å². The normalized spacial score (nSPS) is 12.0. The summed E-state index contributed by atoms with van der Waals surface area (Å²) >= 11 is 0. The van der Waals surface area contributed by atoms with Gasteiger partial charge in [-0.3, -0.25) is 19.4 Å². The number of rotatable bonds is 14. The lowest BCUT2D eigenvalue weighted by atomic mass is 10.1. The molecule has 2 aromatic carbocycles. The van der Waals surface area contributed by atoms with Crippen LogP contribution in [0.5, 0.6) is 0 Å². The summed E-state index contributed by atoms with van der Waals surface area (Å²) in [7, 11) is 0. The fourth-order valence-electron chi connectivity index (χ4n) is 4.32. The Bertz CT molecular complexity index is 1230. The fraction of sp³-hybridized carbons (Fsp3) is 0.500. The third-order valence-electron chi connectivity index (χ3n) is 6.09. The largest absolute Gasteiger partial charge is 0.459 e. The van der Waals surface area contributed by atoms with E-state index in [9.17, 15) is 19.8 Å². The molecule has 0 bridgehead atoms. The average Bonchev–Trinajstić information content (AvgIpc) is 2.92. The molecule has 3 rings (SSSR count). The third kappa shape index (κ3) is 12.0. The van der Waals surface area contributed by atoms with Crippen molar-refractivity contribution in [2.75, 3.05) is 39.4 Å². The van der Waals surface area contributed by atoms with Crippen molar-refractivity contribution in [3.8, 4) is 22.8 Å². The molecule has 0 unspecified atom stereocenters. The molecule has 0 atom stereocenters. The van der Waals surface area contributed by atoms with Gasteiger partial charge in [0.1, 0.15) is 11.2 Å². The number of ether oxygens (including phenoxy) is 2. The van der Waals surface area contributed by atoms with Crippen LogP contribution < -0.4 is 0 Å². The van der Waals surface area contributed by atoms with Gasteiger partial charge in [0.15, 0.2) is 0 Å². The van der Waals surface area contributed by atoms with E-state index in [1.165, 1.54) is 0 Å². The second-order valence-corrected chi connectivity index (χ2v) is 12.5. The first-order chi connectivity index (χ1) is 20.7. The summed E-state index contributed by atoms with van der Waals surface area (Å²) < 4.78 is 10.8. The lowest BCUT2D eigenvalue weighted by Crippen LogP contribution is -2.36. The summed E-state index contributed by atoms with van der Waals surface area (Å²) in [5, 5.41) is 35.9. The van der Waals surface area contributed by atoms with Gasteiger partial charge in [0.25, 0.3) is 0 Å². The van der Waals surface area contributed by atoms with Crippen molar-refractivity contribution in [2.24, 2.45) is 0 Å². The fourth-order valence-corrected chi connectivity index (χ4v) is 4.32. The lowest BCUT2D eigenvalue weighted by Gasteiger charge is -2.24. The van der Waals surface area contributed by atoms with Crippen molar-refractivity contribution in [3.05, 3.63) is 59.7 Å². The molecular weight excluding hydrogens is 564 g/mol. The average molecular weight is 609 g/mol. The van der Waals surface area contributed by atoms with Crippen molar-refractivity contribution < 1.29 is 29.3 Å². The lowest BCUT2D eigenvalue weighted by molar-refractivity contribution is -0.157. The number of hydrogen-bond donors (Lipinski definition) is 2. The highest BCUT2D eigenvalue weighted by molar-refractivity contribution is 5.72. The summed E-state index contributed by atoms with van der Waals surface area (Å²) in [5.41, 5.74) is 2.24. The van der Waals surface area contributed by atoms with E-state index in [4.69, 9.17) is 9.47 Å². The van der Waals surface area contributed by atoms with E-state index in [2.05, 4.69) is 20.4 Å². The van der Waals surface area contributed by atoms with Crippen LogP contribution in [0.3, 0.4) is 0 Å². The topological polar surface area (TPSA) is 151 Å². The van der Waals surface area contributed by atoms with E-state index >= 15 is 0 Å². The molecule has 0 aliphatic carbocycles. The second-order valence-electron chi connectivity index (χ2n) is 12.5. The Morgan fingerprint density at radius 2 is 0.932 bits per heavy atom. The number of benzene rings is 2. The first-order valence-corrected chi connectivity index (χ1v) is 14.6. The molecule has 0 amide bonds. The van der Waals surface area contributed by atoms with Crippen LogP contribution in [0.1, 0.15) is 52.7 Å². The van der Waals surface area contributed by atoms with Gasteiger partial charge in [-0.2, -0.15) is 0 Å². The first-order valence-electron chi connectivity index (χ1n) is 14.6. The zero-order chi connectivity index (χ0) is 32.3. The molecule has 0 radical (unpaired) electrons. The maximum atomic E-state index is 12.3. The highest BCUT2D eigenvalue weighted by atomic mass is 16.6. The standard InChI is InChI=1S/C32H44N6O6/c1-31(2,3)43-27(41)21-37(15-17-39)19-23-7-11-25(12-8-23)29-33-35-30(36-34-29)26-13-9-24(10-14-26)20-38(16-18-40)22-28(42)44-32(4,5)6/h7-14,39-40H,15-22H2,1-6H3. The molecule has 44 heavy (non-hydrogen) atoms. The molecule has 12 nitrogen and oxygen atoms in total. The zero-order valence-corrected chi connectivity index (χ0v) is 26.5. The Balaban J connectivity index is 1.61. The van der Waals surface area contributed by atoms with Gasteiger partial charge in [-0.05, 0) is 52.7 Å². The molecule has 0 aliphatic heterocycles. The molecule has 0 fully saturated rings. The van der Waals surface area contributed by atoms with Gasteiger partial charge in [-0.1, -0.05) is 48.5 Å². The minimum absolute atomic E-state index is 0.0720. The molecule has 1 heterocycles. The maximum Gasteiger partial charge on any atom is 0.320 e. The number of nitrogens with zero attached hydrogens (tertiary/aromatic N) is 6. The summed E-state index contributed by atoms with van der Waals surface area (Å²) in [4.78, 5) is 28.2. The first kappa shape index (κ1) is 34.6. The molecule has 0 aliphatic rings. The highest BCUT2D eigenvalue weighted by Gasteiger charge is 2.20. The minimum atomic E-state index is -0.572.